The van der Waals surface area contributed by atoms with Crippen molar-refractivity contribution < 1.29 is 35.1 Å². The molecule has 1 unspecified atom stereocenters. The molecule has 0 radical (unpaired) electrons. The maximum absolute atomic E-state index is 11.7. The molecule has 1 aliphatic rings. The molecule has 1 atom stereocenters. The first-order chi connectivity index (χ1) is 12.4. The van der Waals surface area contributed by atoms with Crippen LogP contribution in [0.25, 0.3) is 11.1 Å². The standard InChI is InChI=1S/C17H14O5.C2H6O2/c18-14(19)9-17(22,16(20)21)15-12-7-3-1-5-10(12)11-6-2-4-8-13(11)15;3-1-2-4/h1-8,15,22H,9H2,(H,18,19)(H,20,21);3-4H,1-2H2. The third-order valence-electron chi connectivity index (χ3n) is 4.20. The minimum absolute atomic E-state index is 0.125. The summed E-state index contributed by atoms with van der Waals surface area (Å²) in [6.07, 6.45) is -0.865. The van der Waals surface area contributed by atoms with Crippen molar-refractivity contribution in [3.63, 3.8) is 0 Å². The number of carboxylic acids is 2. The average molecular weight is 360 g/mol. The Labute approximate surface area is 149 Å². The molecule has 26 heavy (non-hydrogen) atoms. The molecule has 7 nitrogen and oxygen atoms in total. The number of aliphatic hydroxyl groups excluding tert-OH is 2. The Morgan fingerprint density at radius 2 is 1.27 bits per heavy atom. The molecule has 7 heteroatoms. The summed E-state index contributed by atoms with van der Waals surface area (Å²) >= 11 is 0. The highest BCUT2D eigenvalue weighted by atomic mass is 16.4. The van der Waals surface area contributed by atoms with Gasteiger partial charge in [0.05, 0.1) is 25.6 Å². The van der Waals surface area contributed by atoms with Crippen LogP contribution in [0.15, 0.2) is 48.5 Å². The molecule has 0 spiro atoms. The lowest BCUT2D eigenvalue weighted by molar-refractivity contribution is -0.166. The molecule has 0 heterocycles. The van der Waals surface area contributed by atoms with Crippen LogP contribution in [-0.4, -0.2) is 56.3 Å². The zero-order valence-corrected chi connectivity index (χ0v) is 13.9. The van der Waals surface area contributed by atoms with Gasteiger partial charge in [-0.05, 0) is 22.3 Å². The van der Waals surface area contributed by atoms with Gasteiger partial charge in [-0.1, -0.05) is 48.5 Å². The van der Waals surface area contributed by atoms with Crippen molar-refractivity contribution in [1.82, 2.24) is 0 Å². The highest BCUT2D eigenvalue weighted by Crippen LogP contribution is 2.50. The van der Waals surface area contributed by atoms with Gasteiger partial charge in [0.1, 0.15) is 0 Å². The van der Waals surface area contributed by atoms with Crippen molar-refractivity contribution in [1.29, 1.82) is 0 Å². The fourth-order valence-electron chi connectivity index (χ4n) is 3.20. The van der Waals surface area contributed by atoms with Gasteiger partial charge in [-0.25, -0.2) is 4.79 Å². The summed E-state index contributed by atoms with van der Waals surface area (Å²) in [6, 6.07) is 14.3. The predicted molar refractivity (Wildman–Crippen MR) is 92.7 cm³/mol. The van der Waals surface area contributed by atoms with E-state index in [2.05, 4.69) is 0 Å². The number of rotatable bonds is 5. The van der Waals surface area contributed by atoms with E-state index in [1.807, 2.05) is 24.3 Å². The number of hydrogen-bond donors (Lipinski definition) is 5. The second-order valence-corrected chi connectivity index (χ2v) is 5.85. The van der Waals surface area contributed by atoms with Crippen LogP contribution in [0, 0.1) is 0 Å². The molecule has 3 rings (SSSR count). The zero-order valence-electron chi connectivity index (χ0n) is 13.9. The Morgan fingerprint density at radius 1 is 0.846 bits per heavy atom. The van der Waals surface area contributed by atoms with Gasteiger partial charge in [0, 0.05) is 0 Å². The van der Waals surface area contributed by atoms with Crippen molar-refractivity contribution in [2.24, 2.45) is 0 Å². The Balaban J connectivity index is 0.000000552. The Morgan fingerprint density at radius 3 is 1.62 bits per heavy atom. The Hall–Kier alpha value is -2.74. The van der Waals surface area contributed by atoms with E-state index >= 15 is 0 Å². The third-order valence-corrected chi connectivity index (χ3v) is 4.20. The lowest BCUT2D eigenvalue weighted by atomic mass is 9.78. The van der Waals surface area contributed by atoms with Crippen LogP contribution in [-0.2, 0) is 9.59 Å². The zero-order chi connectivity index (χ0) is 19.3. The number of aliphatic carboxylic acids is 2. The van der Waals surface area contributed by atoms with Crippen LogP contribution in [0.4, 0.5) is 0 Å². The summed E-state index contributed by atoms with van der Waals surface area (Å²) in [6.45, 7) is -0.250. The van der Waals surface area contributed by atoms with Gasteiger partial charge in [0.25, 0.3) is 0 Å². The molecular formula is C19H20O7. The van der Waals surface area contributed by atoms with E-state index in [1.165, 1.54) is 0 Å². The number of fused-ring (bicyclic) bond motifs is 3. The van der Waals surface area contributed by atoms with Crippen molar-refractivity contribution in [3.8, 4) is 11.1 Å². The van der Waals surface area contributed by atoms with Gasteiger partial charge >= 0.3 is 11.9 Å². The predicted octanol–water partition coefficient (Wildman–Crippen LogP) is 1.06. The van der Waals surface area contributed by atoms with E-state index < -0.39 is 29.9 Å². The van der Waals surface area contributed by atoms with E-state index in [-0.39, 0.29) is 13.2 Å². The second-order valence-electron chi connectivity index (χ2n) is 5.85. The molecule has 0 aromatic heterocycles. The molecule has 0 saturated heterocycles. The van der Waals surface area contributed by atoms with Crippen LogP contribution in [0.3, 0.4) is 0 Å². The second kappa shape index (κ2) is 8.09. The number of carbonyl (C=O) groups is 2. The number of aliphatic hydroxyl groups is 3. The first-order valence-electron chi connectivity index (χ1n) is 7.94. The van der Waals surface area contributed by atoms with E-state index in [0.717, 1.165) is 11.1 Å². The minimum Gasteiger partial charge on any atom is -0.481 e. The van der Waals surface area contributed by atoms with E-state index in [0.29, 0.717) is 11.1 Å². The van der Waals surface area contributed by atoms with Crippen LogP contribution in [0.5, 0.6) is 0 Å². The summed E-state index contributed by atoms with van der Waals surface area (Å²) in [5.41, 5.74) is 0.528. The topological polar surface area (TPSA) is 135 Å². The SMILES string of the molecule is O=C(O)CC(O)(C(=O)O)C1c2ccccc2-c2ccccc21.OCCO. The normalized spacial score (nSPS) is 14.4. The van der Waals surface area contributed by atoms with Crippen LogP contribution in [0.2, 0.25) is 0 Å². The van der Waals surface area contributed by atoms with E-state index in [1.54, 1.807) is 24.3 Å². The van der Waals surface area contributed by atoms with Gasteiger partial charge in [0.15, 0.2) is 5.60 Å². The summed E-state index contributed by atoms with van der Waals surface area (Å²) in [7, 11) is 0. The molecule has 0 bridgehead atoms. The Kier molecular flexibility index (Phi) is 6.10. The van der Waals surface area contributed by atoms with Crippen molar-refractivity contribution in [2.45, 2.75) is 17.9 Å². The molecule has 2 aromatic rings. The van der Waals surface area contributed by atoms with Crippen LogP contribution in [0.1, 0.15) is 23.5 Å². The summed E-state index contributed by atoms with van der Waals surface area (Å²) in [4.78, 5) is 22.7. The minimum atomic E-state index is -2.39. The van der Waals surface area contributed by atoms with E-state index in [9.17, 15) is 19.8 Å². The highest BCUT2D eigenvalue weighted by Gasteiger charge is 2.51. The van der Waals surface area contributed by atoms with Gasteiger partial charge < -0.3 is 25.5 Å². The molecule has 0 aliphatic heterocycles. The van der Waals surface area contributed by atoms with E-state index in [4.69, 9.17) is 15.3 Å². The van der Waals surface area contributed by atoms with Gasteiger partial charge in [-0.2, -0.15) is 0 Å². The number of hydrogen-bond acceptors (Lipinski definition) is 5. The molecule has 0 amide bonds. The van der Waals surface area contributed by atoms with Gasteiger partial charge in [-0.15, -0.1) is 0 Å². The van der Waals surface area contributed by atoms with Gasteiger partial charge in [-0.3, -0.25) is 4.79 Å². The first kappa shape index (κ1) is 19.6. The monoisotopic (exact) mass is 360 g/mol. The molecule has 138 valence electrons. The smallest absolute Gasteiger partial charge is 0.337 e. The summed E-state index contributed by atoms with van der Waals surface area (Å²) in [5, 5.41) is 44.4. The molecule has 5 N–H and O–H groups in total. The Bertz CT molecular complexity index is 754. The lowest BCUT2D eigenvalue weighted by Gasteiger charge is -2.30. The van der Waals surface area contributed by atoms with Crippen molar-refractivity contribution in [3.05, 3.63) is 59.7 Å². The average Bonchev–Trinajstić information content (AvgIpc) is 2.96. The van der Waals surface area contributed by atoms with Crippen molar-refractivity contribution in [2.75, 3.05) is 13.2 Å². The molecule has 0 saturated carbocycles. The molecule has 2 aromatic carbocycles. The third kappa shape index (κ3) is 3.60. The maximum atomic E-state index is 11.7. The molecule has 0 fully saturated rings. The van der Waals surface area contributed by atoms with Crippen LogP contribution >= 0.6 is 0 Å². The fourth-order valence-corrected chi connectivity index (χ4v) is 3.20. The van der Waals surface area contributed by atoms with Gasteiger partial charge in [0.2, 0.25) is 0 Å². The highest BCUT2D eigenvalue weighted by molar-refractivity contribution is 5.90. The number of benzene rings is 2. The maximum Gasteiger partial charge on any atom is 0.337 e. The van der Waals surface area contributed by atoms with Crippen molar-refractivity contribution >= 4 is 11.9 Å². The summed E-state index contributed by atoms with van der Waals surface area (Å²) in [5.74, 6) is -3.80. The number of carboxylic acid groups (broad SMARTS) is 2. The fraction of sp³-hybridized carbons (Fsp3) is 0.263. The summed E-state index contributed by atoms with van der Waals surface area (Å²) < 4.78 is 0. The van der Waals surface area contributed by atoms with Crippen LogP contribution < -0.4 is 0 Å². The quantitative estimate of drug-likeness (QED) is 0.538. The largest absolute Gasteiger partial charge is 0.481 e. The molecule has 1 aliphatic carbocycles. The lowest BCUT2D eigenvalue weighted by Crippen LogP contribution is -2.46. The first-order valence-corrected chi connectivity index (χ1v) is 7.94. The molecular weight excluding hydrogens is 340 g/mol.